The molecular formula is C20H25FN2O6S. The maximum absolute atomic E-state index is 13.1. The van der Waals surface area contributed by atoms with Crippen LogP contribution in [0.4, 0.5) is 4.39 Å². The lowest BCUT2D eigenvalue weighted by atomic mass is 10.2. The Morgan fingerprint density at radius 2 is 1.70 bits per heavy atom. The molecular weight excluding hydrogens is 415 g/mol. The lowest BCUT2D eigenvalue weighted by Crippen LogP contribution is -2.39. The molecule has 0 aromatic heterocycles. The van der Waals surface area contributed by atoms with Crippen LogP contribution >= 0.6 is 0 Å². The van der Waals surface area contributed by atoms with Gasteiger partial charge in [0, 0.05) is 6.54 Å². The van der Waals surface area contributed by atoms with E-state index in [-0.39, 0.29) is 11.4 Å². The van der Waals surface area contributed by atoms with Crippen LogP contribution in [-0.2, 0) is 21.4 Å². The van der Waals surface area contributed by atoms with Gasteiger partial charge in [-0.1, -0.05) is 12.1 Å². The lowest BCUT2D eigenvalue weighted by Gasteiger charge is -2.21. The van der Waals surface area contributed by atoms with Crippen molar-refractivity contribution in [2.45, 2.75) is 24.3 Å². The molecule has 2 N–H and O–H groups in total. The number of halogens is 1. The second-order valence-electron chi connectivity index (χ2n) is 6.37. The molecule has 10 heteroatoms. The number of alkyl halides is 1. The van der Waals surface area contributed by atoms with Gasteiger partial charge in [0.1, 0.15) is 11.5 Å². The highest BCUT2D eigenvalue weighted by Gasteiger charge is 2.27. The molecule has 0 fully saturated rings. The summed E-state index contributed by atoms with van der Waals surface area (Å²) in [5.74, 6) is 0.214. The summed E-state index contributed by atoms with van der Waals surface area (Å²) >= 11 is 0. The van der Waals surface area contributed by atoms with E-state index in [1.54, 1.807) is 24.3 Å². The summed E-state index contributed by atoms with van der Waals surface area (Å²) in [6.07, 6.45) is 0.960. The van der Waals surface area contributed by atoms with E-state index in [0.29, 0.717) is 36.5 Å². The van der Waals surface area contributed by atoms with Crippen molar-refractivity contribution in [2.75, 3.05) is 26.9 Å². The van der Waals surface area contributed by atoms with Crippen LogP contribution in [0.1, 0.15) is 18.4 Å². The van der Waals surface area contributed by atoms with Crippen molar-refractivity contribution in [3.05, 3.63) is 54.1 Å². The second-order valence-corrected chi connectivity index (χ2v) is 8.31. The molecule has 0 unspecified atom stereocenters. The number of unbranched alkanes of at least 4 members (excludes halogenated alkanes) is 1. The first-order valence-corrected chi connectivity index (χ1v) is 10.7. The number of amides is 1. The van der Waals surface area contributed by atoms with E-state index in [9.17, 15) is 17.6 Å². The van der Waals surface area contributed by atoms with Crippen LogP contribution in [0.15, 0.2) is 53.4 Å². The summed E-state index contributed by atoms with van der Waals surface area (Å²) in [5.41, 5.74) is 2.09. The van der Waals surface area contributed by atoms with E-state index in [1.807, 2.05) is 0 Å². The van der Waals surface area contributed by atoms with Crippen molar-refractivity contribution in [3.63, 3.8) is 0 Å². The van der Waals surface area contributed by atoms with Crippen molar-refractivity contribution in [3.8, 4) is 11.5 Å². The molecule has 0 radical (unpaired) electrons. The summed E-state index contributed by atoms with van der Waals surface area (Å²) in [6, 6.07) is 12.5. The third-order valence-corrected chi connectivity index (χ3v) is 6.03. The van der Waals surface area contributed by atoms with E-state index in [0.717, 1.165) is 4.31 Å². The standard InChI is InChI=1S/C20H25FN2O6S/c1-28-17-6-4-16(5-7-17)14-23(15-20(24)22-25)30(26,27)19-10-8-18(9-11-19)29-13-3-2-12-21/h4-11,25H,2-3,12-15H2,1H3,(H,22,24). The molecule has 8 nitrogen and oxygen atoms in total. The molecule has 0 aliphatic rings. The Bertz CT molecular complexity index is 904. The summed E-state index contributed by atoms with van der Waals surface area (Å²) < 4.78 is 49.8. The number of hydrogen-bond donors (Lipinski definition) is 2. The summed E-state index contributed by atoms with van der Waals surface area (Å²) in [7, 11) is -2.52. The lowest BCUT2D eigenvalue weighted by molar-refractivity contribution is -0.129. The maximum Gasteiger partial charge on any atom is 0.258 e. The van der Waals surface area contributed by atoms with E-state index >= 15 is 0 Å². The van der Waals surface area contributed by atoms with E-state index < -0.39 is 29.1 Å². The van der Waals surface area contributed by atoms with Crippen LogP contribution in [0.3, 0.4) is 0 Å². The number of ether oxygens (including phenoxy) is 2. The van der Waals surface area contributed by atoms with Crippen LogP contribution < -0.4 is 15.0 Å². The predicted octanol–water partition coefficient (Wildman–Crippen LogP) is 2.52. The molecule has 0 saturated carbocycles. The van der Waals surface area contributed by atoms with Gasteiger partial charge in [-0.15, -0.1) is 0 Å². The third kappa shape index (κ3) is 6.68. The second kappa shape index (κ2) is 11.5. The number of carbonyl (C=O) groups is 1. The Balaban J connectivity index is 2.19. The zero-order chi connectivity index (χ0) is 22.0. The van der Waals surface area contributed by atoms with Crippen LogP contribution in [-0.4, -0.2) is 50.8 Å². The number of rotatable bonds is 12. The van der Waals surface area contributed by atoms with E-state index in [1.165, 1.54) is 36.9 Å². The van der Waals surface area contributed by atoms with Crippen LogP contribution in [0.25, 0.3) is 0 Å². The Hall–Kier alpha value is -2.69. The number of hydroxylamine groups is 1. The first-order chi connectivity index (χ1) is 14.4. The minimum Gasteiger partial charge on any atom is -0.497 e. The zero-order valence-corrected chi connectivity index (χ0v) is 17.4. The van der Waals surface area contributed by atoms with Gasteiger partial charge in [0.2, 0.25) is 10.0 Å². The van der Waals surface area contributed by atoms with Gasteiger partial charge >= 0.3 is 0 Å². The van der Waals surface area contributed by atoms with Crippen LogP contribution in [0.2, 0.25) is 0 Å². The number of nitrogens with zero attached hydrogens (tertiary/aromatic N) is 1. The summed E-state index contributed by atoms with van der Waals surface area (Å²) in [6.45, 7) is -0.726. The molecule has 164 valence electrons. The van der Waals surface area contributed by atoms with Gasteiger partial charge in [-0.25, -0.2) is 13.9 Å². The molecule has 30 heavy (non-hydrogen) atoms. The number of nitrogens with one attached hydrogen (secondary N) is 1. The molecule has 1 amide bonds. The van der Waals surface area contributed by atoms with Crippen molar-refractivity contribution >= 4 is 15.9 Å². The van der Waals surface area contributed by atoms with Crippen LogP contribution in [0, 0.1) is 0 Å². The first-order valence-electron chi connectivity index (χ1n) is 9.25. The minimum atomic E-state index is -4.04. The van der Waals surface area contributed by atoms with Gasteiger partial charge in [0.15, 0.2) is 0 Å². The molecule has 2 aromatic carbocycles. The normalized spacial score (nSPS) is 11.3. The van der Waals surface area contributed by atoms with Gasteiger partial charge in [0.05, 0.1) is 31.8 Å². The molecule has 0 atom stereocenters. The fourth-order valence-corrected chi connectivity index (χ4v) is 3.98. The molecule has 0 aliphatic heterocycles. The zero-order valence-electron chi connectivity index (χ0n) is 16.6. The average molecular weight is 440 g/mol. The maximum atomic E-state index is 13.1. The quantitative estimate of drug-likeness (QED) is 0.299. The van der Waals surface area contributed by atoms with Gasteiger partial charge in [0.25, 0.3) is 5.91 Å². The van der Waals surface area contributed by atoms with Crippen molar-refractivity contribution < 1.29 is 32.3 Å². The smallest absolute Gasteiger partial charge is 0.258 e. The number of methoxy groups -OCH3 is 1. The van der Waals surface area contributed by atoms with Crippen molar-refractivity contribution in [1.82, 2.24) is 9.79 Å². The van der Waals surface area contributed by atoms with Crippen molar-refractivity contribution in [1.29, 1.82) is 0 Å². The van der Waals surface area contributed by atoms with E-state index in [2.05, 4.69) is 0 Å². The third-order valence-electron chi connectivity index (χ3n) is 4.22. The topological polar surface area (TPSA) is 105 Å². The first kappa shape index (κ1) is 23.6. The van der Waals surface area contributed by atoms with Crippen LogP contribution in [0.5, 0.6) is 11.5 Å². The fourth-order valence-electron chi connectivity index (χ4n) is 2.60. The fraction of sp³-hybridized carbons (Fsp3) is 0.350. The Morgan fingerprint density at radius 3 is 2.27 bits per heavy atom. The highest BCUT2D eigenvalue weighted by Crippen LogP contribution is 2.22. The Morgan fingerprint density at radius 1 is 1.07 bits per heavy atom. The molecule has 0 saturated heterocycles. The highest BCUT2D eigenvalue weighted by atomic mass is 32.2. The minimum absolute atomic E-state index is 0.0298. The SMILES string of the molecule is COc1ccc(CN(CC(=O)NO)S(=O)(=O)c2ccc(OCCCCF)cc2)cc1. The highest BCUT2D eigenvalue weighted by molar-refractivity contribution is 7.89. The number of hydrogen-bond acceptors (Lipinski definition) is 6. The molecule has 0 bridgehead atoms. The van der Waals surface area contributed by atoms with E-state index in [4.69, 9.17) is 14.7 Å². The average Bonchev–Trinajstić information content (AvgIpc) is 2.77. The largest absolute Gasteiger partial charge is 0.497 e. The van der Waals surface area contributed by atoms with Gasteiger partial charge in [-0.2, -0.15) is 4.31 Å². The molecule has 2 rings (SSSR count). The Kier molecular flexibility index (Phi) is 9.03. The predicted molar refractivity (Wildman–Crippen MR) is 108 cm³/mol. The molecule has 0 heterocycles. The van der Waals surface area contributed by atoms with Gasteiger partial charge in [-0.3, -0.25) is 14.4 Å². The molecule has 0 aliphatic carbocycles. The Labute approximate surface area is 175 Å². The summed E-state index contributed by atoms with van der Waals surface area (Å²) in [5, 5.41) is 8.83. The number of benzene rings is 2. The van der Waals surface area contributed by atoms with Gasteiger partial charge < -0.3 is 9.47 Å². The van der Waals surface area contributed by atoms with Gasteiger partial charge in [-0.05, 0) is 54.8 Å². The number of sulfonamides is 1. The monoisotopic (exact) mass is 440 g/mol. The van der Waals surface area contributed by atoms with Crippen molar-refractivity contribution in [2.24, 2.45) is 0 Å². The molecule has 0 spiro atoms. The molecule has 2 aromatic rings. The summed E-state index contributed by atoms with van der Waals surface area (Å²) in [4.78, 5) is 11.7. The number of carbonyl (C=O) groups excluding carboxylic acids is 1.